The third-order valence-electron chi connectivity index (χ3n) is 3.15. The fraction of sp³-hybridized carbons (Fsp3) is 1.00. The van der Waals surface area contributed by atoms with Gasteiger partial charge in [0.2, 0.25) is 0 Å². The molecule has 3 heteroatoms. The number of rotatable bonds is 2. The van der Waals surface area contributed by atoms with Gasteiger partial charge >= 0.3 is 0 Å². The highest BCUT2D eigenvalue weighted by Gasteiger charge is 2.32. The molecule has 0 amide bonds. The van der Waals surface area contributed by atoms with Crippen molar-refractivity contribution in [2.75, 3.05) is 19.8 Å². The number of nitrogens with two attached hydrogens (primary N) is 1. The molecule has 2 aliphatic rings. The second kappa shape index (κ2) is 3.95. The van der Waals surface area contributed by atoms with Gasteiger partial charge in [0, 0.05) is 25.4 Å². The molecule has 0 aromatic carbocycles. The van der Waals surface area contributed by atoms with E-state index >= 15 is 0 Å². The first-order valence-corrected chi connectivity index (χ1v) is 5.27. The Labute approximate surface area is 79.6 Å². The molecule has 3 nitrogen and oxygen atoms in total. The lowest BCUT2D eigenvalue weighted by Crippen LogP contribution is -2.47. The molecule has 0 radical (unpaired) electrons. The maximum absolute atomic E-state index is 6.28. The first kappa shape index (κ1) is 9.44. The van der Waals surface area contributed by atoms with Crippen LogP contribution in [0.1, 0.15) is 32.1 Å². The smallest absolute Gasteiger partial charge is 0.0593 e. The van der Waals surface area contributed by atoms with Crippen molar-refractivity contribution in [2.24, 2.45) is 5.73 Å². The molecule has 1 unspecified atom stereocenters. The molecular weight excluding hydrogens is 166 g/mol. The van der Waals surface area contributed by atoms with Crippen LogP contribution >= 0.6 is 0 Å². The Morgan fingerprint density at radius 1 is 1.23 bits per heavy atom. The molecule has 0 aromatic heterocycles. The summed E-state index contributed by atoms with van der Waals surface area (Å²) in [6.45, 7) is 2.57. The van der Waals surface area contributed by atoms with Gasteiger partial charge in [-0.15, -0.1) is 0 Å². The summed E-state index contributed by atoms with van der Waals surface area (Å²) in [7, 11) is 0. The maximum atomic E-state index is 6.28. The molecular formula is C10H19NO2. The summed E-state index contributed by atoms with van der Waals surface area (Å²) in [6.07, 6.45) is 5.83. The van der Waals surface area contributed by atoms with Crippen LogP contribution in [0.4, 0.5) is 0 Å². The van der Waals surface area contributed by atoms with Gasteiger partial charge in [-0.25, -0.2) is 0 Å². The Morgan fingerprint density at radius 3 is 2.62 bits per heavy atom. The second-order valence-corrected chi connectivity index (χ2v) is 4.31. The molecule has 2 saturated heterocycles. The SMILES string of the molecule is NC1(CC2CCCO2)CCOCC1. The van der Waals surface area contributed by atoms with Crippen LogP contribution in [0.3, 0.4) is 0 Å². The van der Waals surface area contributed by atoms with Crippen LogP contribution in [0.2, 0.25) is 0 Å². The standard InChI is InChI=1S/C10H19NO2/c11-10(3-6-12-7-4-10)8-9-2-1-5-13-9/h9H,1-8,11H2. The first-order chi connectivity index (χ1) is 6.29. The van der Waals surface area contributed by atoms with Crippen molar-refractivity contribution in [3.8, 4) is 0 Å². The Bertz CT molecular complexity index is 160. The van der Waals surface area contributed by atoms with E-state index in [9.17, 15) is 0 Å². The van der Waals surface area contributed by atoms with Crippen LogP contribution in [-0.2, 0) is 9.47 Å². The van der Waals surface area contributed by atoms with Crippen LogP contribution in [0.15, 0.2) is 0 Å². The fourth-order valence-electron chi connectivity index (χ4n) is 2.24. The first-order valence-electron chi connectivity index (χ1n) is 5.27. The topological polar surface area (TPSA) is 44.5 Å². The fourth-order valence-corrected chi connectivity index (χ4v) is 2.24. The minimum Gasteiger partial charge on any atom is -0.381 e. The summed E-state index contributed by atoms with van der Waals surface area (Å²) in [6, 6.07) is 0. The van der Waals surface area contributed by atoms with Gasteiger partial charge in [0.25, 0.3) is 0 Å². The molecule has 0 aromatic rings. The van der Waals surface area contributed by atoms with E-state index in [2.05, 4.69) is 0 Å². The summed E-state index contributed by atoms with van der Waals surface area (Å²) < 4.78 is 10.9. The number of hydrogen-bond acceptors (Lipinski definition) is 3. The molecule has 1 atom stereocenters. The van der Waals surface area contributed by atoms with Gasteiger partial charge in [-0.2, -0.15) is 0 Å². The summed E-state index contributed by atoms with van der Waals surface area (Å²) in [5, 5.41) is 0. The van der Waals surface area contributed by atoms with Crippen molar-refractivity contribution < 1.29 is 9.47 Å². The zero-order chi connectivity index (χ0) is 9.15. The van der Waals surface area contributed by atoms with Crippen LogP contribution < -0.4 is 5.73 Å². The van der Waals surface area contributed by atoms with Crippen molar-refractivity contribution in [3.05, 3.63) is 0 Å². The van der Waals surface area contributed by atoms with Crippen molar-refractivity contribution in [2.45, 2.75) is 43.7 Å². The van der Waals surface area contributed by atoms with E-state index in [0.29, 0.717) is 6.10 Å². The molecule has 2 heterocycles. The van der Waals surface area contributed by atoms with Gasteiger partial charge in [0.15, 0.2) is 0 Å². The lowest BCUT2D eigenvalue weighted by atomic mass is 9.85. The average molecular weight is 185 g/mol. The summed E-state index contributed by atoms with van der Waals surface area (Å²) in [4.78, 5) is 0. The molecule has 2 N–H and O–H groups in total. The molecule has 2 rings (SSSR count). The molecule has 0 spiro atoms. The van der Waals surface area contributed by atoms with Gasteiger partial charge in [-0.3, -0.25) is 0 Å². The van der Waals surface area contributed by atoms with Crippen molar-refractivity contribution in [1.82, 2.24) is 0 Å². The van der Waals surface area contributed by atoms with Gasteiger partial charge in [-0.05, 0) is 32.1 Å². The van der Waals surface area contributed by atoms with E-state index in [1.54, 1.807) is 0 Å². The van der Waals surface area contributed by atoms with E-state index in [-0.39, 0.29) is 5.54 Å². The highest BCUT2D eigenvalue weighted by molar-refractivity contribution is 4.89. The average Bonchev–Trinajstić information content (AvgIpc) is 2.57. The van der Waals surface area contributed by atoms with Crippen molar-refractivity contribution in [1.29, 1.82) is 0 Å². The number of hydrogen-bond donors (Lipinski definition) is 1. The van der Waals surface area contributed by atoms with Crippen molar-refractivity contribution in [3.63, 3.8) is 0 Å². The normalized spacial score (nSPS) is 33.5. The van der Waals surface area contributed by atoms with E-state index < -0.39 is 0 Å². The van der Waals surface area contributed by atoms with E-state index in [1.165, 1.54) is 12.8 Å². The monoisotopic (exact) mass is 185 g/mol. The van der Waals surface area contributed by atoms with Gasteiger partial charge in [0.1, 0.15) is 0 Å². The van der Waals surface area contributed by atoms with Gasteiger partial charge in [-0.1, -0.05) is 0 Å². The largest absolute Gasteiger partial charge is 0.381 e. The molecule has 0 aliphatic carbocycles. The predicted octanol–water partition coefficient (Wildman–Crippen LogP) is 1.06. The van der Waals surface area contributed by atoms with E-state index in [4.69, 9.17) is 15.2 Å². The third-order valence-corrected chi connectivity index (χ3v) is 3.15. The van der Waals surface area contributed by atoms with E-state index in [0.717, 1.165) is 39.1 Å². The summed E-state index contributed by atoms with van der Waals surface area (Å²) in [5.74, 6) is 0. The highest BCUT2D eigenvalue weighted by atomic mass is 16.5. The molecule has 76 valence electrons. The zero-order valence-corrected chi connectivity index (χ0v) is 8.13. The minimum absolute atomic E-state index is 0.00669. The summed E-state index contributed by atoms with van der Waals surface area (Å²) in [5.41, 5.74) is 6.27. The summed E-state index contributed by atoms with van der Waals surface area (Å²) >= 11 is 0. The van der Waals surface area contributed by atoms with Crippen LogP contribution in [-0.4, -0.2) is 31.5 Å². The molecule has 2 fully saturated rings. The maximum Gasteiger partial charge on any atom is 0.0593 e. The molecule has 13 heavy (non-hydrogen) atoms. The second-order valence-electron chi connectivity index (χ2n) is 4.31. The molecule has 2 aliphatic heterocycles. The third kappa shape index (κ3) is 2.42. The van der Waals surface area contributed by atoms with Crippen LogP contribution in [0, 0.1) is 0 Å². The van der Waals surface area contributed by atoms with Crippen LogP contribution in [0.25, 0.3) is 0 Å². The lowest BCUT2D eigenvalue weighted by Gasteiger charge is -2.35. The van der Waals surface area contributed by atoms with E-state index in [1.807, 2.05) is 0 Å². The lowest BCUT2D eigenvalue weighted by molar-refractivity contribution is 0.0204. The van der Waals surface area contributed by atoms with Gasteiger partial charge < -0.3 is 15.2 Å². The quantitative estimate of drug-likeness (QED) is 0.699. The molecule has 0 saturated carbocycles. The Kier molecular flexibility index (Phi) is 2.86. The Morgan fingerprint density at radius 2 is 2.00 bits per heavy atom. The van der Waals surface area contributed by atoms with Gasteiger partial charge in [0.05, 0.1) is 6.10 Å². The Hall–Kier alpha value is -0.120. The van der Waals surface area contributed by atoms with Crippen LogP contribution in [0.5, 0.6) is 0 Å². The predicted molar refractivity (Wildman–Crippen MR) is 50.6 cm³/mol. The van der Waals surface area contributed by atoms with Crippen molar-refractivity contribution >= 4 is 0 Å². The Balaban J connectivity index is 1.83. The zero-order valence-electron chi connectivity index (χ0n) is 8.13. The number of ether oxygens (including phenoxy) is 2. The molecule has 0 bridgehead atoms. The highest BCUT2D eigenvalue weighted by Crippen LogP contribution is 2.27. The minimum atomic E-state index is -0.00669.